The van der Waals surface area contributed by atoms with E-state index in [-0.39, 0.29) is 23.7 Å². The Morgan fingerprint density at radius 1 is 1.44 bits per heavy atom. The number of methoxy groups -OCH3 is 1. The molecule has 142 valence electrons. The van der Waals surface area contributed by atoms with E-state index in [1.165, 1.54) is 25.7 Å². The van der Waals surface area contributed by atoms with E-state index in [0.29, 0.717) is 11.7 Å². The lowest BCUT2D eigenvalue weighted by Gasteiger charge is -2.28. The molecule has 25 heavy (non-hydrogen) atoms. The average molecular weight is 371 g/mol. The van der Waals surface area contributed by atoms with Gasteiger partial charge in [0, 0.05) is 33.0 Å². The fraction of sp³-hybridized carbons (Fsp3) is 0.778. The molecule has 0 aromatic carbocycles. The molecule has 2 aliphatic rings. The molecule has 3 rings (SSSR count). The normalized spacial score (nSPS) is 22.4. The van der Waals surface area contributed by atoms with Crippen LogP contribution in [0.1, 0.15) is 61.5 Å². The van der Waals surface area contributed by atoms with Crippen molar-refractivity contribution in [2.24, 2.45) is 5.41 Å². The quantitative estimate of drug-likeness (QED) is 0.774. The van der Waals surface area contributed by atoms with Crippen LogP contribution in [0.25, 0.3) is 0 Å². The summed E-state index contributed by atoms with van der Waals surface area (Å²) in [6, 6.07) is 2.20. The van der Waals surface area contributed by atoms with Gasteiger partial charge in [-0.2, -0.15) is 5.10 Å². The highest BCUT2D eigenvalue weighted by Crippen LogP contribution is 2.40. The van der Waals surface area contributed by atoms with Gasteiger partial charge in [-0.3, -0.25) is 9.48 Å². The zero-order valence-electron chi connectivity index (χ0n) is 15.1. The third kappa shape index (κ3) is 5.19. The smallest absolute Gasteiger partial charge is 0.271 e. The van der Waals surface area contributed by atoms with Gasteiger partial charge in [0.15, 0.2) is 0 Å². The summed E-state index contributed by atoms with van der Waals surface area (Å²) in [7, 11) is 1.74. The number of hydrogen-bond donors (Lipinski definition) is 2. The van der Waals surface area contributed by atoms with Gasteiger partial charge in [0.05, 0.1) is 6.04 Å². The monoisotopic (exact) mass is 370 g/mol. The molecule has 1 saturated heterocycles. The van der Waals surface area contributed by atoms with Crippen molar-refractivity contribution in [1.29, 1.82) is 0 Å². The lowest BCUT2D eigenvalue weighted by atomic mass is 9.83. The Kier molecular flexibility index (Phi) is 7.72. The Bertz CT molecular complexity index is 537. The highest BCUT2D eigenvalue weighted by Gasteiger charge is 2.34. The largest absolute Gasteiger partial charge is 0.385 e. The van der Waals surface area contributed by atoms with E-state index in [9.17, 15) is 4.79 Å². The zero-order valence-corrected chi connectivity index (χ0v) is 15.9. The van der Waals surface area contributed by atoms with Gasteiger partial charge in [-0.05, 0) is 50.1 Å². The maximum absolute atomic E-state index is 12.5. The zero-order chi connectivity index (χ0) is 16.8. The molecule has 1 unspecified atom stereocenters. The van der Waals surface area contributed by atoms with Crippen molar-refractivity contribution in [2.75, 3.05) is 33.4 Å². The third-order valence-electron chi connectivity index (χ3n) is 5.61. The van der Waals surface area contributed by atoms with Crippen LogP contribution in [0.3, 0.4) is 0 Å². The Balaban J connectivity index is 0.00000225. The molecular weight excluding hydrogens is 340 g/mol. The Morgan fingerprint density at radius 2 is 2.24 bits per heavy atom. The maximum Gasteiger partial charge on any atom is 0.271 e. The molecule has 7 heteroatoms. The first-order valence-electron chi connectivity index (χ1n) is 9.25. The Morgan fingerprint density at radius 3 is 2.92 bits per heavy atom. The molecule has 1 aromatic heterocycles. The van der Waals surface area contributed by atoms with Crippen LogP contribution in [-0.4, -0.2) is 49.0 Å². The number of aromatic nitrogens is 2. The number of nitrogens with zero attached hydrogens (tertiary/aromatic N) is 2. The molecule has 2 N–H and O–H groups in total. The predicted octanol–water partition coefficient (Wildman–Crippen LogP) is 2.56. The van der Waals surface area contributed by atoms with Crippen LogP contribution < -0.4 is 10.6 Å². The fourth-order valence-electron chi connectivity index (χ4n) is 4.04. The summed E-state index contributed by atoms with van der Waals surface area (Å²) in [6.45, 7) is 3.50. The van der Waals surface area contributed by atoms with Crippen molar-refractivity contribution in [3.8, 4) is 0 Å². The van der Waals surface area contributed by atoms with E-state index in [1.54, 1.807) is 7.11 Å². The molecule has 2 fully saturated rings. The minimum Gasteiger partial charge on any atom is -0.385 e. The highest BCUT2D eigenvalue weighted by molar-refractivity contribution is 5.92. The molecule has 0 radical (unpaired) electrons. The second-order valence-corrected chi connectivity index (χ2v) is 7.31. The van der Waals surface area contributed by atoms with Crippen molar-refractivity contribution in [1.82, 2.24) is 20.4 Å². The summed E-state index contributed by atoms with van der Waals surface area (Å²) in [6.07, 6.45) is 10.1. The minimum atomic E-state index is -0.0544. The minimum absolute atomic E-state index is 0. The number of carbonyl (C=O) groups excluding carboxylic acids is 1. The van der Waals surface area contributed by atoms with Crippen molar-refractivity contribution in [3.63, 3.8) is 0 Å². The number of piperidine rings is 1. The summed E-state index contributed by atoms with van der Waals surface area (Å²) in [4.78, 5) is 12.5. The first-order chi connectivity index (χ1) is 11.7. The van der Waals surface area contributed by atoms with E-state index in [1.807, 2.05) is 16.9 Å². The number of carbonyl (C=O) groups is 1. The van der Waals surface area contributed by atoms with E-state index in [2.05, 4.69) is 15.7 Å². The highest BCUT2D eigenvalue weighted by atomic mass is 35.5. The number of ether oxygens (including phenoxy) is 1. The van der Waals surface area contributed by atoms with Crippen molar-refractivity contribution in [2.45, 2.75) is 51.0 Å². The molecular formula is C18H31ClN4O2. The Hall–Kier alpha value is -1.11. The van der Waals surface area contributed by atoms with Crippen LogP contribution in [0.5, 0.6) is 0 Å². The maximum atomic E-state index is 12.5. The second-order valence-electron chi connectivity index (χ2n) is 7.31. The summed E-state index contributed by atoms with van der Waals surface area (Å²) in [5, 5.41) is 11.0. The molecule has 6 nitrogen and oxygen atoms in total. The van der Waals surface area contributed by atoms with Crippen molar-refractivity contribution in [3.05, 3.63) is 18.0 Å². The van der Waals surface area contributed by atoms with Gasteiger partial charge in [-0.1, -0.05) is 12.8 Å². The molecule has 1 saturated carbocycles. The van der Waals surface area contributed by atoms with E-state index in [0.717, 1.165) is 45.5 Å². The Labute approximate surface area is 156 Å². The standard InChI is InChI=1S/C18H30N4O2.ClH/c1-24-12-9-18(7-2-3-8-18)14-20-17(23)16-6-11-22(21-16)15-5-4-10-19-13-15;/h6,11,15,19H,2-5,7-10,12-14H2,1H3,(H,20,23);1H. The number of hydrogen-bond acceptors (Lipinski definition) is 4. The lowest BCUT2D eigenvalue weighted by Crippen LogP contribution is -2.37. The van der Waals surface area contributed by atoms with E-state index in [4.69, 9.17) is 4.74 Å². The summed E-state index contributed by atoms with van der Waals surface area (Å²) in [5.41, 5.74) is 0.738. The molecule has 1 atom stereocenters. The SMILES string of the molecule is COCCC1(CNC(=O)c2ccn(C3CCCNC3)n2)CCCC1.Cl. The van der Waals surface area contributed by atoms with Gasteiger partial charge in [0.2, 0.25) is 0 Å². The van der Waals surface area contributed by atoms with E-state index < -0.39 is 0 Å². The number of amides is 1. The predicted molar refractivity (Wildman–Crippen MR) is 100 cm³/mol. The number of nitrogens with one attached hydrogen (secondary N) is 2. The summed E-state index contributed by atoms with van der Waals surface area (Å²) < 4.78 is 7.20. The first kappa shape index (κ1) is 20.2. The van der Waals surface area contributed by atoms with Gasteiger partial charge < -0.3 is 15.4 Å². The van der Waals surface area contributed by atoms with Crippen LogP contribution in [0, 0.1) is 5.41 Å². The summed E-state index contributed by atoms with van der Waals surface area (Å²) >= 11 is 0. The van der Waals surface area contributed by atoms with Crippen LogP contribution >= 0.6 is 12.4 Å². The van der Waals surface area contributed by atoms with Gasteiger partial charge in [-0.25, -0.2) is 0 Å². The number of rotatable bonds is 7. The number of halogens is 1. The molecule has 1 aliphatic carbocycles. The fourth-order valence-corrected chi connectivity index (χ4v) is 4.04. The average Bonchev–Trinajstić information content (AvgIpc) is 3.29. The molecule has 1 aromatic rings. The third-order valence-corrected chi connectivity index (χ3v) is 5.61. The van der Waals surface area contributed by atoms with Gasteiger partial charge in [-0.15, -0.1) is 12.4 Å². The summed E-state index contributed by atoms with van der Waals surface area (Å²) in [5.74, 6) is -0.0544. The lowest BCUT2D eigenvalue weighted by molar-refractivity contribution is 0.0897. The van der Waals surface area contributed by atoms with Crippen LogP contribution in [0.2, 0.25) is 0 Å². The first-order valence-corrected chi connectivity index (χ1v) is 9.25. The van der Waals surface area contributed by atoms with Gasteiger partial charge in [0.25, 0.3) is 5.91 Å². The topological polar surface area (TPSA) is 68.2 Å². The molecule has 0 spiro atoms. The molecule has 2 heterocycles. The molecule has 0 bridgehead atoms. The van der Waals surface area contributed by atoms with E-state index >= 15 is 0 Å². The molecule has 1 amide bonds. The van der Waals surface area contributed by atoms with Crippen LogP contribution in [-0.2, 0) is 4.74 Å². The van der Waals surface area contributed by atoms with Crippen molar-refractivity contribution < 1.29 is 9.53 Å². The van der Waals surface area contributed by atoms with Gasteiger partial charge >= 0.3 is 0 Å². The second kappa shape index (κ2) is 9.55. The van der Waals surface area contributed by atoms with Gasteiger partial charge in [0.1, 0.15) is 5.69 Å². The van der Waals surface area contributed by atoms with Crippen LogP contribution in [0.15, 0.2) is 12.3 Å². The van der Waals surface area contributed by atoms with Crippen LogP contribution in [0.4, 0.5) is 0 Å². The molecule has 1 aliphatic heterocycles. The van der Waals surface area contributed by atoms with Crippen molar-refractivity contribution >= 4 is 18.3 Å².